The molecule has 2 aliphatic rings. The summed E-state index contributed by atoms with van der Waals surface area (Å²) in [5, 5.41) is 3.05. The van der Waals surface area contributed by atoms with Crippen LogP contribution in [-0.2, 0) is 16.6 Å². The molecule has 0 aromatic heterocycles. The van der Waals surface area contributed by atoms with Crippen LogP contribution < -0.4 is 15.8 Å². The van der Waals surface area contributed by atoms with Crippen molar-refractivity contribution in [3.05, 3.63) is 59.7 Å². The Kier molecular flexibility index (Phi) is 5.02. The fourth-order valence-corrected chi connectivity index (χ4v) is 3.98. The van der Waals surface area contributed by atoms with Gasteiger partial charge in [0.1, 0.15) is 12.4 Å². The molecule has 0 bridgehead atoms. The fourth-order valence-electron chi connectivity index (χ4n) is 3.98. The first-order valence-electron chi connectivity index (χ1n) is 8.55. The van der Waals surface area contributed by atoms with E-state index >= 15 is 0 Å². The van der Waals surface area contributed by atoms with Gasteiger partial charge in [-0.3, -0.25) is 4.79 Å². The van der Waals surface area contributed by atoms with Gasteiger partial charge in [-0.2, -0.15) is 0 Å². The van der Waals surface area contributed by atoms with E-state index < -0.39 is 0 Å². The maximum Gasteiger partial charge on any atom is 0.228 e. The average molecular weight is 359 g/mol. The quantitative estimate of drug-likeness (QED) is 0.862. The Morgan fingerprint density at radius 1 is 1.20 bits per heavy atom. The van der Waals surface area contributed by atoms with Crippen LogP contribution in [0.1, 0.15) is 24.0 Å². The minimum absolute atomic E-state index is 0. The van der Waals surface area contributed by atoms with Crippen molar-refractivity contribution in [1.82, 2.24) is 0 Å². The lowest BCUT2D eigenvalue weighted by Crippen LogP contribution is -2.19. The number of amides is 1. The predicted octanol–water partition coefficient (Wildman–Crippen LogP) is 3.29. The van der Waals surface area contributed by atoms with Gasteiger partial charge in [0.25, 0.3) is 0 Å². The van der Waals surface area contributed by atoms with Gasteiger partial charge in [0.15, 0.2) is 0 Å². The number of hydrogen-bond acceptors (Lipinski definition) is 3. The highest BCUT2D eigenvalue weighted by molar-refractivity contribution is 5.96. The standard InChI is InChI=1S/C20H22N2O2.ClH/c21-11-12-24-16-7-5-15(6-8-16)22-19(23)18-13-20(18)10-9-14-3-1-2-4-17(14)20;/h1-8,18H,9-13,21H2,(H,22,23);1H. The molecule has 1 amide bonds. The third-order valence-corrected chi connectivity index (χ3v) is 5.29. The molecule has 132 valence electrons. The number of ether oxygens (including phenoxy) is 1. The van der Waals surface area contributed by atoms with Gasteiger partial charge in [0.05, 0.1) is 0 Å². The maximum absolute atomic E-state index is 12.6. The number of aryl methyl sites for hydroxylation is 1. The van der Waals surface area contributed by atoms with Crippen molar-refractivity contribution >= 4 is 24.0 Å². The van der Waals surface area contributed by atoms with Crippen LogP contribution in [-0.4, -0.2) is 19.1 Å². The van der Waals surface area contributed by atoms with Crippen LogP contribution in [0.2, 0.25) is 0 Å². The minimum atomic E-state index is 0. The molecular formula is C20H23ClN2O2. The van der Waals surface area contributed by atoms with E-state index in [1.807, 2.05) is 24.3 Å². The summed E-state index contributed by atoms with van der Waals surface area (Å²) in [6, 6.07) is 16.0. The number of hydrogen-bond donors (Lipinski definition) is 2. The van der Waals surface area contributed by atoms with E-state index in [9.17, 15) is 4.79 Å². The summed E-state index contributed by atoms with van der Waals surface area (Å²) in [7, 11) is 0. The van der Waals surface area contributed by atoms with Gasteiger partial charge in [-0.1, -0.05) is 24.3 Å². The smallest absolute Gasteiger partial charge is 0.228 e. The molecule has 0 radical (unpaired) electrons. The van der Waals surface area contributed by atoms with Gasteiger partial charge in [-0.15, -0.1) is 12.4 Å². The topological polar surface area (TPSA) is 64.3 Å². The Labute approximate surface area is 154 Å². The molecule has 5 heteroatoms. The second kappa shape index (κ2) is 7.06. The zero-order valence-corrected chi connectivity index (χ0v) is 14.9. The molecule has 1 saturated carbocycles. The number of fused-ring (bicyclic) bond motifs is 2. The van der Waals surface area contributed by atoms with E-state index in [1.165, 1.54) is 11.1 Å². The minimum Gasteiger partial charge on any atom is -0.492 e. The van der Waals surface area contributed by atoms with E-state index in [0.717, 1.165) is 30.7 Å². The van der Waals surface area contributed by atoms with Crippen LogP contribution in [0.15, 0.2) is 48.5 Å². The molecule has 3 N–H and O–H groups in total. The van der Waals surface area contributed by atoms with Gasteiger partial charge in [0.2, 0.25) is 5.91 Å². The van der Waals surface area contributed by atoms with Gasteiger partial charge in [-0.05, 0) is 54.7 Å². The average Bonchev–Trinajstić information content (AvgIpc) is 3.24. The van der Waals surface area contributed by atoms with Crippen LogP contribution in [0.5, 0.6) is 5.75 Å². The van der Waals surface area contributed by atoms with Crippen LogP contribution >= 0.6 is 12.4 Å². The highest BCUT2D eigenvalue weighted by atomic mass is 35.5. The Morgan fingerprint density at radius 3 is 2.72 bits per heavy atom. The number of benzene rings is 2. The number of anilines is 1. The molecule has 1 spiro atoms. The first-order valence-corrected chi connectivity index (χ1v) is 8.55. The predicted molar refractivity (Wildman–Crippen MR) is 101 cm³/mol. The molecule has 0 aliphatic heterocycles. The fraction of sp³-hybridized carbons (Fsp3) is 0.350. The van der Waals surface area contributed by atoms with Crippen molar-refractivity contribution in [3.8, 4) is 5.75 Å². The second-order valence-corrected chi connectivity index (χ2v) is 6.72. The largest absolute Gasteiger partial charge is 0.492 e. The molecule has 2 unspecified atom stereocenters. The van der Waals surface area contributed by atoms with Crippen molar-refractivity contribution in [2.75, 3.05) is 18.5 Å². The molecule has 4 rings (SSSR count). The van der Waals surface area contributed by atoms with Crippen LogP contribution in [0, 0.1) is 5.92 Å². The highest BCUT2D eigenvalue weighted by Crippen LogP contribution is 2.61. The molecule has 1 fully saturated rings. The Hall–Kier alpha value is -2.04. The van der Waals surface area contributed by atoms with Crippen molar-refractivity contribution < 1.29 is 9.53 Å². The van der Waals surface area contributed by atoms with E-state index in [2.05, 4.69) is 29.6 Å². The summed E-state index contributed by atoms with van der Waals surface area (Å²) in [4.78, 5) is 12.6. The summed E-state index contributed by atoms with van der Waals surface area (Å²) in [6.07, 6.45) is 3.15. The lowest BCUT2D eigenvalue weighted by Gasteiger charge is -2.12. The SMILES string of the molecule is Cl.NCCOc1ccc(NC(=O)C2CC23CCc2ccccc23)cc1. The zero-order chi connectivity index (χ0) is 16.6. The van der Waals surface area contributed by atoms with Crippen LogP contribution in [0.4, 0.5) is 5.69 Å². The molecule has 0 heterocycles. The summed E-state index contributed by atoms with van der Waals surface area (Å²) >= 11 is 0. The van der Waals surface area contributed by atoms with Crippen LogP contribution in [0.3, 0.4) is 0 Å². The summed E-state index contributed by atoms with van der Waals surface area (Å²) in [6.45, 7) is 0.986. The van der Waals surface area contributed by atoms with E-state index in [0.29, 0.717) is 13.2 Å². The Bertz CT molecular complexity index is 763. The molecule has 2 atom stereocenters. The molecule has 2 aromatic rings. The monoisotopic (exact) mass is 358 g/mol. The number of rotatable bonds is 5. The Morgan fingerprint density at radius 2 is 1.96 bits per heavy atom. The van der Waals surface area contributed by atoms with Gasteiger partial charge >= 0.3 is 0 Å². The molecule has 4 nitrogen and oxygen atoms in total. The van der Waals surface area contributed by atoms with Crippen molar-refractivity contribution in [3.63, 3.8) is 0 Å². The summed E-state index contributed by atoms with van der Waals surface area (Å²) in [5.74, 6) is 0.989. The summed E-state index contributed by atoms with van der Waals surface area (Å²) < 4.78 is 5.45. The second-order valence-electron chi connectivity index (χ2n) is 6.72. The van der Waals surface area contributed by atoms with Crippen molar-refractivity contribution in [1.29, 1.82) is 0 Å². The third-order valence-electron chi connectivity index (χ3n) is 5.29. The van der Waals surface area contributed by atoms with Gasteiger partial charge in [-0.25, -0.2) is 0 Å². The lowest BCUT2D eigenvalue weighted by molar-refractivity contribution is -0.117. The number of halogens is 1. The number of nitrogens with two attached hydrogens (primary N) is 1. The maximum atomic E-state index is 12.6. The third kappa shape index (κ3) is 3.24. The first kappa shape index (κ1) is 17.8. The van der Waals surface area contributed by atoms with Gasteiger partial charge in [0, 0.05) is 23.6 Å². The number of carbonyl (C=O) groups is 1. The molecule has 2 aliphatic carbocycles. The van der Waals surface area contributed by atoms with E-state index in [-0.39, 0.29) is 29.6 Å². The first-order chi connectivity index (χ1) is 11.7. The molecular weight excluding hydrogens is 336 g/mol. The van der Waals surface area contributed by atoms with E-state index in [4.69, 9.17) is 10.5 Å². The molecule has 25 heavy (non-hydrogen) atoms. The number of carbonyl (C=O) groups excluding carboxylic acids is 1. The van der Waals surface area contributed by atoms with Crippen LogP contribution in [0.25, 0.3) is 0 Å². The zero-order valence-electron chi connectivity index (χ0n) is 14.0. The van der Waals surface area contributed by atoms with Crippen molar-refractivity contribution in [2.24, 2.45) is 11.7 Å². The highest BCUT2D eigenvalue weighted by Gasteiger charge is 2.61. The van der Waals surface area contributed by atoms with E-state index in [1.54, 1.807) is 0 Å². The summed E-state index contributed by atoms with van der Waals surface area (Å²) in [5.41, 5.74) is 9.12. The van der Waals surface area contributed by atoms with Gasteiger partial charge < -0.3 is 15.8 Å². The Balaban J connectivity index is 0.00000182. The number of nitrogens with one attached hydrogen (secondary N) is 1. The molecule has 2 aromatic carbocycles. The molecule has 0 saturated heterocycles. The van der Waals surface area contributed by atoms with Crippen molar-refractivity contribution in [2.45, 2.75) is 24.7 Å². The lowest BCUT2D eigenvalue weighted by atomic mass is 9.95. The normalized spacial score (nSPS) is 22.8.